The number of hydrogen-bond acceptors (Lipinski definition) is 6. The molecule has 2 aromatic rings. The SMILES string of the molecule is O=C(CCCCC(=O)N1C(=O)OC[C@@H]1Cc1ccccc1)N1C(=O)OC[C@@H]1Cc1ccccc1. The Morgan fingerprint density at radius 3 is 1.44 bits per heavy atom. The fourth-order valence-corrected chi connectivity index (χ4v) is 4.40. The summed E-state index contributed by atoms with van der Waals surface area (Å²) in [5, 5.41) is 0. The van der Waals surface area contributed by atoms with Gasteiger partial charge in [0.25, 0.3) is 0 Å². The van der Waals surface area contributed by atoms with Crippen molar-refractivity contribution in [2.45, 2.75) is 50.6 Å². The summed E-state index contributed by atoms with van der Waals surface area (Å²) < 4.78 is 10.2. The maximum Gasteiger partial charge on any atom is 0.416 e. The lowest BCUT2D eigenvalue weighted by atomic mass is 10.0. The molecule has 0 saturated carbocycles. The summed E-state index contributed by atoms with van der Waals surface area (Å²) in [6, 6.07) is 18.6. The number of ether oxygens (including phenoxy) is 2. The summed E-state index contributed by atoms with van der Waals surface area (Å²) in [6.07, 6.45) is 0.957. The molecular formula is C26H28N2O6. The zero-order valence-corrected chi connectivity index (χ0v) is 18.9. The Bertz CT molecular complexity index is 943. The van der Waals surface area contributed by atoms with Gasteiger partial charge in [-0.2, -0.15) is 0 Å². The number of unbranched alkanes of at least 4 members (excludes halogenated alkanes) is 1. The predicted molar refractivity (Wildman–Crippen MR) is 123 cm³/mol. The largest absolute Gasteiger partial charge is 0.447 e. The van der Waals surface area contributed by atoms with E-state index in [9.17, 15) is 19.2 Å². The molecule has 8 heteroatoms. The standard InChI is InChI=1S/C26H28N2O6/c29-23(27-21(17-33-25(27)31)15-19-9-3-1-4-10-19)13-7-8-14-24(30)28-22(18-34-26(28)32)16-20-11-5-2-6-12-20/h1-6,9-12,21-22H,7-8,13-18H2/t21-,22-/m0/s1. The van der Waals surface area contributed by atoms with Crippen LogP contribution in [0.1, 0.15) is 36.8 Å². The molecule has 0 N–H and O–H groups in total. The summed E-state index contributed by atoms with van der Waals surface area (Å²) in [6.45, 7) is 0.357. The van der Waals surface area contributed by atoms with Crippen molar-refractivity contribution in [1.29, 1.82) is 0 Å². The summed E-state index contributed by atoms with van der Waals surface area (Å²) >= 11 is 0. The molecule has 2 aliphatic rings. The summed E-state index contributed by atoms with van der Waals surface area (Å²) in [5.41, 5.74) is 2.05. The zero-order valence-electron chi connectivity index (χ0n) is 18.9. The third kappa shape index (κ3) is 5.62. The Kier molecular flexibility index (Phi) is 7.57. The molecule has 4 amide bonds. The second-order valence-electron chi connectivity index (χ2n) is 8.58. The van der Waals surface area contributed by atoms with E-state index >= 15 is 0 Å². The molecule has 0 aromatic heterocycles. The lowest BCUT2D eigenvalue weighted by Crippen LogP contribution is -2.40. The van der Waals surface area contributed by atoms with Crippen molar-refractivity contribution >= 4 is 24.0 Å². The second kappa shape index (κ2) is 11.0. The molecule has 0 spiro atoms. The Morgan fingerprint density at radius 1 is 0.676 bits per heavy atom. The quantitative estimate of drug-likeness (QED) is 0.525. The molecule has 4 rings (SSSR count). The van der Waals surface area contributed by atoms with Gasteiger partial charge in [0.2, 0.25) is 11.8 Å². The molecule has 2 fully saturated rings. The number of hydrogen-bond donors (Lipinski definition) is 0. The first kappa shape index (κ1) is 23.5. The molecule has 178 valence electrons. The average molecular weight is 465 g/mol. The smallest absolute Gasteiger partial charge is 0.416 e. The number of rotatable bonds is 9. The van der Waals surface area contributed by atoms with Crippen LogP contribution in [0.25, 0.3) is 0 Å². The van der Waals surface area contributed by atoms with E-state index in [4.69, 9.17) is 9.47 Å². The van der Waals surface area contributed by atoms with E-state index in [-0.39, 0.29) is 50.0 Å². The second-order valence-corrected chi connectivity index (χ2v) is 8.58. The van der Waals surface area contributed by atoms with Gasteiger partial charge in [0.05, 0.1) is 12.1 Å². The first-order valence-corrected chi connectivity index (χ1v) is 11.6. The summed E-state index contributed by atoms with van der Waals surface area (Å²) in [7, 11) is 0. The highest BCUT2D eigenvalue weighted by atomic mass is 16.6. The molecule has 8 nitrogen and oxygen atoms in total. The van der Waals surface area contributed by atoms with Crippen molar-refractivity contribution in [1.82, 2.24) is 9.80 Å². The third-order valence-corrected chi connectivity index (χ3v) is 6.12. The topological polar surface area (TPSA) is 93.2 Å². The van der Waals surface area contributed by atoms with E-state index in [1.165, 1.54) is 9.80 Å². The molecular weight excluding hydrogens is 436 g/mol. The van der Waals surface area contributed by atoms with Crippen LogP contribution in [0.4, 0.5) is 9.59 Å². The Morgan fingerprint density at radius 2 is 1.06 bits per heavy atom. The minimum atomic E-state index is -0.620. The summed E-state index contributed by atoms with van der Waals surface area (Å²) in [5.74, 6) is -0.614. The van der Waals surface area contributed by atoms with Gasteiger partial charge in [0.15, 0.2) is 0 Å². The predicted octanol–water partition coefficient (Wildman–Crippen LogP) is 3.73. The van der Waals surface area contributed by atoms with Crippen LogP contribution in [0.3, 0.4) is 0 Å². The van der Waals surface area contributed by atoms with Gasteiger partial charge in [-0.15, -0.1) is 0 Å². The molecule has 0 bridgehead atoms. The molecule has 2 atom stereocenters. The molecule has 0 unspecified atom stereocenters. The van der Waals surface area contributed by atoms with Crippen molar-refractivity contribution in [2.24, 2.45) is 0 Å². The minimum Gasteiger partial charge on any atom is -0.447 e. The van der Waals surface area contributed by atoms with Crippen molar-refractivity contribution in [3.8, 4) is 0 Å². The minimum absolute atomic E-state index is 0.131. The van der Waals surface area contributed by atoms with Gasteiger partial charge in [0.1, 0.15) is 13.2 Å². The molecule has 2 saturated heterocycles. The summed E-state index contributed by atoms with van der Waals surface area (Å²) in [4.78, 5) is 52.1. The maximum atomic E-state index is 12.7. The van der Waals surface area contributed by atoms with Crippen LogP contribution < -0.4 is 0 Å². The van der Waals surface area contributed by atoms with Crippen LogP contribution >= 0.6 is 0 Å². The lowest BCUT2D eigenvalue weighted by molar-refractivity contribution is -0.131. The zero-order chi connectivity index (χ0) is 23.9. The van der Waals surface area contributed by atoms with E-state index in [1.54, 1.807) is 0 Å². The van der Waals surface area contributed by atoms with Crippen molar-refractivity contribution in [3.63, 3.8) is 0 Å². The van der Waals surface area contributed by atoms with Crippen LogP contribution in [0, 0.1) is 0 Å². The van der Waals surface area contributed by atoms with Gasteiger partial charge in [-0.1, -0.05) is 60.7 Å². The maximum absolute atomic E-state index is 12.7. The number of imide groups is 2. The molecule has 0 aliphatic carbocycles. The Labute approximate surface area is 198 Å². The Balaban J connectivity index is 1.25. The number of cyclic esters (lactones) is 2. The molecule has 34 heavy (non-hydrogen) atoms. The fraction of sp³-hybridized carbons (Fsp3) is 0.385. The van der Waals surface area contributed by atoms with Crippen molar-refractivity contribution < 1.29 is 28.7 Å². The molecule has 2 aliphatic heterocycles. The fourth-order valence-electron chi connectivity index (χ4n) is 4.40. The first-order chi connectivity index (χ1) is 16.5. The highest BCUT2D eigenvalue weighted by Gasteiger charge is 2.38. The highest BCUT2D eigenvalue weighted by Crippen LogP contribution is 2.21. The van der Waals surface area contributed by atoms with Crippen LogP contribution in [0.2, 0.25) is 0 Å². The molecule has 2 aromatic carbocycles. The number of carbonyl (C=O) groups is 4. The van der Waals surface area contributed by atoms with Gasteiger partial charge in [-0.25, -0.2) is 19.4 Å². The van der Waals surface area contributed by atoms with Gasteiger partial charge in [-0.05, 0) is 36.8 Å². The number of benzene rings is 2. The monoisotopic (exact) mass is 464 g/mol. The van der Waals surface area contributed by atoms with Crippen LogP contribution in [0.5, 0.6) is 0 Å². The van der Waals surface area contributed by atoms with Crippen LogP contribution in [-0.4, -0.2) is 59.1 Å². The van der Waals surface area contributed by atoms with E-state index in [1.807, 2.05) is 60.7 Å². The van der Waals surface area contributed by atoms with E-state index in [0.29, 0.717) is 25.7 Å². The van der Waals surface area contributed by atoms with Gasteiger partial charge in [0, 0.05) is 12.8 Å². The lowest BCUT2D eigenvalue weighted by Gasteiger charge is -2.20. The highest BCUT2D eigenvalue weighted by molar-refractivity contribution is 5.94. The van der Waals surface area contributed by atoms with E-state index in [2.05, 4.69) is 0 Å². The van der Waals surface area contributed by atoms with E-state index < -0.39 is 12.2 Å². The van der Waals surface area contributed by atoms with Gasteiger partial charge < -0.3 is 9.47 Å². The molecule has 0 radical (unpaired) electrons. The van der Waals surface area contributed by atoms with E-state index in [0.717, 1.165) is 11.1 Å². The Hall–Kier alpha value is -3.68. The van der Waals surface area contributed by atoms with Gasteiger partial charge in [-0.3, -0.25) is 9.59 Å². The number of carbonyl (C=O) groups excluding carboxylic acids is 4. The van der Waals surface area contributed by atoms with Crippen molar-refractivity contribution in [3.05, 3.63) is 71.8 Å². The average Bonchev–Trinajstić information content (AvgIpc) is 3.39. The number of amides is 4. The van der Waals surface area contributed by atoms with Crippen LogP contribution in [0.15, 0.2) is 60.7 Å². The molecule has 2 heterocycles. The van der Waals surface area contributed by atoms with Gasteiger partial charge >= 0.3 is 12.2 Å². The first-order valence-electron chi connectivity index (χ1n) is 11.6. The van der Waals surface area contributed by atoms with Crippen LogP contribution in [-0.2, 0) is 31.9 Å². The van der Waals surface area contributed by atoms with Crippen molar-refractivity contribution in [2.75, 3.05) is 13.2 Å². The number of nitrogens with zero attached hydrogens (tertiary/aromatic N) is 2. The normalized spacial score (nSPS) is 19.8. The third-order valence-electron chi connectivity index (χ3n) is 6.12.